The lowest BCUT2D eigenvalue weighted by Crippen LogP contribution is -2.52. The Balaban J connectivity index is 2.56. The number of likely N-dealkylation sites (N-methyl/N-ethyl adjacent to an activating group) is 2. The van der Waals surface area contributed by atoms with Gasteiger partial charge in [-0.3, -0.25) is 4.79 Å². The van der Waals surface area contributed by atoms with E-state index in [1.165, 1.54) is 12.1 Å². The maximum absolute atomic E-state index is 13.0. The summed E-state index contributed by atoms with van der Waals surface area (Å²) in [5, 5.41) is 2.98. The monoisotopic (exact) mass is 252 g/mol. The summed E-state index contributed by atoms with van der Waals surface area (Å²) in [4.78, 5) is 13.7. The molecule has 1 aromatic carbocycles. The molecule has 0 aliphatic carbocycles. The summed E-state index contributed by atoms with van der Waals surface area (Å²) in [6.45, 7) is 4.26. The van der Waals surface area contributed by atoms with Crippen LogP contribution in [0.4, 0.5) is 4.39 Å². The smallest absolute Gasteiger partial charge is 0.242 e. The standard InChI is InChI=1S/C14H21FN2O/c1-14(2,16-3)13(18)17(4)9-8-11-6-5-7-12(15)10-11/h5-7,10,16H,8-9H2,1-4H3. The van der Waals surface area contributed by atoms with Crippen LogP contribution in [0.25, 0.3) is 0 Å². The summed E-state index contributed by atoms with van der Waals surface area (Å²) < 4.78 is 13.0. The molecule has 0 radical (unpaired) electrons. The van der Waals surface area contributed by atoms with Gasteiger partial charge in [-0.1, -0.05) is 12.1 Å². The first kappa shape index (κ1) is 14.6. The largest absolute Gasteiger partial charge is 0.344 e. The molecule has 1 N–H and O–H groups in total. The second kappa shape index (κ2) is 5.96. The molecule has 0 aromatic heterocycles. The lowest BCUT2D eigenvalue weighted by atomic mass is 10.0. The molecule has 1 rings (SSSR count). The Morgan fingerprint density at radius 2 is 2.11 bits per heavy atom. The maximum atomic E-state index is 13.0. The van der Waals surface area contributed by atoms with Crippen molar-refractivity contribution < 1.29 is 9.18 Å². The van der Waals surface area contributed by atoms with Crippen molar-refractivity contribution in [1.29, 1.82) is 0 Å². The SMILES string of the molecule is CNC(C)(C)C(=O)N(C)CCc1cccc(F)c1. The van der Waals surface area contributed by atoms with E-state index in [1.54, 1.807) is 25.1 Å². The second-order valence-corrected chi connectivity index (χ2v) is 4.98. The summed E-state index contributed by atoms with van der Waals surface area (Å²) in [7, 11) is 3.53. The minimum atomic E-state index is -0.573. The van der Waals surface area contributed by atoms with Crippen molar-refractivity contribution in [2.75, 3.05) is 20.6 Å². The van der Waals surface area contributed by atoms with Gasteiger partial charge in [0.25, 0.3) is 0 Å². The normalized spacial score (nSPS) is 11.4. The van der Waals surface area contributed by atoms with Crippen molar-refractivity contribution >= 4 is 5.91 Å². The summed E-state index contributed by atoms with van der Waals surface area (Å²) >= 11 is 0. The quantitative estimate of drug-likeness (QED) is 0.867. The fourth-order valence-electron chi connectivity index (χ4n) is 1.67. The Labute approximate surface area is 108 Å². The molecule has 18 heavy (non-hydrogen) atoms. The second-order valence-electron chi connectivity index (χ2n) is 4.98. The predicted molar refractivity (Wildman–Crippen MR) is 70.9 cm³/mol. The van der Waals surface area contributed by atoms with Crippen LogP contribution in [0.3, 0.4) is 0 Å². The number of carbonyl (C=O) groups is 1. The minimum absolute atomic E-state index is 0.0291. The van der Waals surface area contributed by atoms with Gasteiger partial charge in [0, 0.05) is 13.6 Å². The molecule has 0 aliphatic rings. The summed E-state index contributed by atoms with van der Waals surface area (Å²) in [5.74, 6) is -0.210. The number of amides is 1. The van der Waals surface area contributed by atoms with Crippen LogP contribution in [0.2, 0.25) is 0 Å². The van der Waals surface area contributed by atoms with Crippen LogP contribution in [0.15, 0.2) is 24.3 Å². The first-order chi connectivity index (χ1) is 8.36. The van der Waals surface area contributed by atoms with Crippen LogP contribution in [0.1, 0.15) is 19.4 Å². The highest BCUT2D eigenvalue weighted by Crippen LogP contribution is 2.08. The molecule has 0 heterocycles. The number of hydrogen-bond donors (Lipinski definition) is 1. The number of nitrogens with zero attached hydrogens (tertiary/aromatic N) is 1. The lowest BCUT2D eigenvalue weighted by Gasteiger charge is -2.29. The topological polar surface area (TPSA) is 32.3 Å². The van der Waals surface area contributed by atoms with Crippen molar-refractivity contribution in [2.45, 2.75) is 25.8 Å². The van der Waals surface area contributed by atoms with Crippen LogP contribution in [0, 0.1) is 5.82 Å². The van der Waals surface area contributed by atoms with E-state index in [9.17, 15) is 9.18 Å². The van der Waals surface area contributed by atoms with E-state index < -0.39 is 5.54 Å². The van der Waals surface area contributed by atoms with Crippen molar-refractivity contribution in [1.82, 2.24) is 10.2 Å². The van der Waals surface area contributed by atoms with Gasteiger partial charge >= 0.3 is 0 Å². The molecular weight excluding hydrogens is 231 g/mol. The first-order valence-corrected chi connectivity index (χ1v) is 6.06. The maximum Gasteiger partial charge on any atom is 0.242 e. The molecule has 4 heteroatoms. The van der Waals surface area contributed by atoms with Gasteiger partial charge in [-0.15, -0.1) is 0 Å². The van der Waals surface area contributed by atoms with Crippen molar-refractivity contribution in [3.05, 3.63) is 35.6 Å². The Hall–Kier alpha value is -1.42. The van der Waals surface area contributed by atoms with Gasteiger partial charge in [-0.25, -0.2) is 4.39 Å². The first-order valence-electron chi connectivity index (χ1n) is 6.06. The molecule has 0 saturated carbocycles. The zero-order valence-corrected chi connectivity index (χ0v) is 11.5. The summed E-state index contributed by atoms with van der Waals surface area (Å²) in [6, 6.07) is 6.47. The van der Waals surface area contributed by atoms with E-state index in [2.05, 4.69) is 5.32 Å². The highest BCUT2D eigenvalue weighted by atomic mass is 19.1. The van der Waals surface area contributed by atoms with E-state index in [1.807, 2.05) is 19.9 Å². The summed E-state index contributed by atoms with van der Waals surface area (Å²) in [5.41, 5.74) is 0.327. The van der Waals surface area contributed by atoms with Crippen LogP contribution < -0.4 is 5.32 Å². The zero-order chi connectivity index (χ0) is 13.8. The predicted octanol–water partition coefficient (Wildman–Crippen LogP) is 1.82. The van der Waals surface area contributed by atoms with E-state index in [0.717, 1.165) is 5.56 Å². The fourth-order valence-corrected chi connectivity index (χ4v) is 1.67. The van der Waals surface area contributed by atoms with Gasteiger partial charge in [-0.2, -0.15) is 0 Å². The third-order valence-electron chi connectivity index (χ3n) is 3.13. The van der Waals surface area contributed by atoms with Crippen molar-refractivity contribution in [3.63, 3.8) is 0 Å². The average Bonchev–Trinajstić information content (AvgIpc) is 2.35. The number of nitrogens with one attached hydrogen (secondary N) is 1. The van der Waals surface area contributed by atoms with Crippen molar-refractivity contribution in [3.8, 4) is 0 Å². The molecule has 100 valence electrons. The molecule has 0 spiro atoms. The molecule has 1 aromatic rings. The van der Waals surface area contributed by atoms with E-state index in [0.29, 0.717) is 13.0 Å². The van der Waals surface area contributed by atoms with Crippen LogP contribution in [-0.2, 0) is 11.2 Å². The highest BCUT2D eigenvalue weighted by Gasteiger charge is 2.27. The van der Waals surface area contributed by atoms with Crippen LogP contribution in [0.5, 0.6) is 0 Å². The van der Waals surface area contributed by atoms with Crippen LogP contribution in [-0.4, -0.2) is 37.0 Å². The fraction of sp³-hybridized carbons (Fsp3) is 0.500. The van der Waals surface area contributed by atoms with Crippen molar-refractivity contribution in [2.24, 2.45) is 0 Å². The van der Waals surface area contributed by atoms with Gasteiger partial charge in [0.15, 0.2) is 0 Å². The molecule has 0 saturated heterocycles. The average molecular weight is 252 g/mol. The van der Waals surface area contributed by atoms with Gasteiger partial charge in [0.2, 0.25) is 5.91 Å². The Bertz CT molecular complexity index is 418. The number of halogens is 1. The molecule has 0 atom stereocenters. The third kappa shape index (κ3) is 3.81. The van der Waals surface area contributed by atoms with E-state index >= 15 is 0 Å². The molecule has 3 nitrogen and oxygen atoms in total. The molecule has 0 unspecified atom stereocenters. The van der Waals surface area contributed by atoms with Gasteiger partial charge in [0.1, 0.15) is 5.82 Å². The Morgan fingerprint density at radius 1 is 1.44 bits per heavy atom. The molecule has 0 bridgehead atoms. The number of carbonyl (C=O) groups excluding carboxylic acids is 1. The minimum Gasteiger partial charge on any atom is -0.344 e. The Morgan fingerprint density at radius 3 is 2.67 bits per heavy atom. The van der Waals surface area contributed by atoms with Gasteiger partial charge in [0.05, 0.1) is 5.54 Å². The molecule has 0 aliphatic heterocycles. The number of benzene rings is 1. The van der Waals surface area contributed by atoms with Crippen LogP contribution >= 0.6 is 0 Å². The number of hydrogen-bond acceptors (Lipinski definition) is 2. The van der Waals surface area contributed by atoms with E-state index in [4.69, 9.17) is 0 Å². The van der Waals surface area contributed by atoms with Gasteiger partial charge in [-0.05, 0) is 45.0 Å². The van der Waals surface area contributed by atoms with E-state index in [-0.39, 0.29) is 11.7 Å². The summed E-state index contributed by atoms with van der Waals surface area (Å²) in [6.07, 6.45) is 0.653. The van der Waals surface area contributed by atoms with Gasteiger partial charge < -0.3 is 10.2 Å². The lowest BCUT2D eigenvalue weighted by molar-refractivity contribution is -0.135. The third-order valence-corrected chi connectivity index (χ3v) is 3.13. The molecular formula is C14H21FN2O. The Kier molecular flexibility index (Phi) is 4.84. The molecule has 0 fully saturated rings. The number of rotatable bonds is 5. The highest BCUT2D eigenvalue weighted by molar-refractivity contribution is 5.85. The zero-order valence-electron chi connectivity index (χ0n) is 11.5. The molecule has 1 amide bonds.